The van der Waals surface area contributed by atoms with Gasteiger partial charge in [0.1, 0.15) is 0 Å². The van der Waals surface area contributed by atoms with Crippen molar-refractivity contribution in [1.29, 1.82) is 0 Å². The zero-order valence-corrected chi connectivity index (χ0v) is 13.8. The van der Waals surface area contributed by atoms with Crippen LogP contribution in [0.3, 0.4) is 0 Å². The van der Waals surface area contributed by atoms with E-state index in [0.29, 0.717) is 11.4 Å². The highest BCUT2D eigenvalue weighted by Crippen LogP contribution is 2.26. The molecule has 118 valence electrons. The summed E-state index contributed by atoms with van der Waals surface area (Å²) in [5.41, 5.74) is 1.09. The van der Waals surface area contributed by atoms with Gasteiger partial charge in [-0.15, -0.1) is 0 Å². The Hall–Kier alpha value is -1.11. The number of hydrogen-bond donors (Lipinski definition) is 2. The zero-order chi connectivity index (χ0) is 15.5. The molecule has 1 fully saturated rings. The van der Waals surface area contributed by atoms with E-state index in [-0.39, 0.29) is 5.54 Å². The van der Waals surface area contributed by atoms with Gasteiger partial charge in [-0.2, -0.15) is 0 Å². The average molecular weight is 311 g/mol. The number of piperazine rings is 1. The molecule has 21 heavy (non-hydrogen) atoms. The molecule has 1 aliphatic heterocycles. The largest absolute Gasteiger partial charge is 0.364 e. The topological polar surface area (TPSA) is 61.4 Å². The van der Waals surface area contributed by atoms with Crippen molar-refractivity contribution in [1.82, 2.24) is 10.0 Å². The van der Waals surface area contributed by atoms with E-state index in [9.17, 15) is 8.42 Å². The minimum absolute atomic E-state index is 0.0269. The Morgan fingerprint density at radius 1 is 1.29 bits per heavy atom. The van der Waals surface area contributed by atoms with Gasteiger partial charge in [0.2, 0.25) is 10.0 Å². The van der Waals surface area contributed by atoms with Gasteiger partial charge in [-0.05, 0) is 44.5 Å². The molecule has 0 amide bonds. The SMILES string of the molecule is CCCNS(=O)(=O)c1ccc(N2CCNCC2(C)C)cc1. The summed E-state index contributed by atoms with van der Waals surface area (Å²) in [5.74, 6) is 0. The van der Waals surface area contributed by atoms with Crippen molar-refractivity contribution in [2.24, 2.45) is 0 Å². The van der Waals surface area contributed by atoms with Crippen LogP contribution < -0.4 is 14.9 Å². The van der Waals surface area contributed by atoms with Crippen LogP contribution in [0, 0.1) is 0 Å². The Balaban J connectivity index is 2.19. The van der Waals surface area contributed by atoms with Gasteiger partial charge in [0.05, 0.1) is 4.90 Å². The van der Waals surface area contributed by atoms with Gasteiger partial charge in [0, 0.05) is 37.4 Å². The molecule has 1 aromatic carbocycles. The second-order valence-corrected chi connectivity index (χ2v) is 7.80. The second kappa shape index (κ2) is 6.34. The number of sulfonamides is 1. The summed E-state index contributed by atoms with van der Waals surface area (Å²) in [4.78, 5) is 2.65. The molecule has 1 heterocycles. The van der Waals surface area contributed by atoms with E-state index in [0.717, 1.165) is 31.7 Å². The minimum Gasteiger partial charge on any atom is -0.364 e. The fraction of sp³-hybridized carbons (Fsp3) is 0.600. The van der Waals surface area contributed by atoms with Crippen molar-refractivity contribution in [2.45, 2.75) is 37.6 Å². The highest BCUT2D eigenvalue weighted by Gasteiger charge is 2.29. The summed E-state index contributed by atoms with van der Waals surface area (Å²) in [5, 5.41) is 3.39. The number of benzene rings is 1. The molecule has 6 heteroatoms. The zero-order valence-electron chi connectivity index (χ0n) is 13.0. The molecule has 2 N–H and O–H groups in total. The van der Waals surface area contributed by atoms with Crippen LogP contribution in [-0.2, 0) is 10.0 Å². The lowest BCUT2D eigenvalue weighted by Crippen LogP contribution is -2.58. The summed E-state index contributed by atoms with van der Waals surface area (Å²) >= 11 is 0. The van der Waals surface area contributed by atoms with Crippen LogP contribution in [0.2, 0.25) is 0 Å². The molecule has 0 aromatic heterocycles. The molecule has 2 rings (SSSR count). The third-order valence-corrected chi connectivity index (χ3v) is 5.28. The molecule has 0 spiro atoms. The summed E-state index contributed by atoms with van der Waals surface area (Å²) in [7, 11) is -3.38. The Labute approximate surface area is 127 Å². The first-order valence-corrected chi connectivity index (χ1v) is 8.93. The molecule has 0 bridgehead atoms. The van der Waals surface area contributed by atoms with Gasteiger partial charge >= 0.3 is 0 Å². The molecule has 0 radical (unpaired) electrons. The smallest absolute Gasteiger partial charge is 0.240 e. The van der Waals surface area contributed by atoms with Gasteiger partial charge in [-0.25, -0.2) is 13.1 Å². The molecule has 0 aliphatic carbocycles. The van der Waals surface area contributed by atoms with Crippen LogP contribution in [-0.4, -0.2) is 40.1 Å². The predicted octanol–water partition coefficient (Wildman–Crippen LogP) is 1.56. The van der Waals surface area contributed by atoms with Crippen LogP contribution in [0.1, 0.15) is 27.2 Å². The first-order valence-electron chi connectivity index (χ1n) is 7.45. The summed E-state index contributed by atoms with van der Waals surface area (Å²) < 4.78 is 26.7. The van der Waals surface area contributed by atoms with E-state index in [4.69, 9.17) is 0 Å². The maximum absolute atomic E-state index is 12.1. The summed E-state index contributed by atoms with van der Waals surface area (Å²) in [6, 6.07) is 7.16. The Morgan fingerprint density at radius 3 is 2.52 bits per heavy atom. The van der Waals surface area contributed by atoms with Crippen LogP contribution in [0.25, 0.3) is 0 Å². The summed E-state index contributed by atoms with van der Waals surface area (Å²) in [6.07, 6.45) is 0.784. The lowest BCUT2D eigenvalue weighted by Gasteiger charge is -2.44. The van der Waals surface area contributed by atoms with E-state index < -0.39 is 10.0 Å². The van der Waals surface area contributed by atoms with Crippen LogP contribution in [0.5, 0.6) is 0 Å². The lowest BCUT2D eigenvalue weighted by molar-refractivity contribution is 0.380. The van der Waals surface area contributed by atoms with E-state index >= 15 is 0 Å². The van der Waals surface area contributed by atoms with Crippen molar-refractivity contribution >= 4 is 15.7 Å². The monoisotopic (exact) mass is 311 g/mol. The predicted molar refractivity (Wildman–Crippen MR) is 86.2 cm³/mol. The molecule has 0 saturated carbocycles. The Morgan fingerprint density at radius 2 is 1.95 bits per heavy atom. The molecule has 5 nitrogen and oxygen atoms in total. The fourth-order valence-corrected chi connectivity index (χ4v) is 3.72. The average Bonchev–Trinajstić information content (AvgIpc) is 2.45. The molecule has 1 aliphatic rings. The number of anilines is 1. The summed E-state index contributed by atoms with van der Waals surface area (Å²) in [6.45, 7) is 9.58. The third-order valence-electron chi connectivity index (χ3n) is 3.80. The second-order valence-electron chi connectivity index (χ2n) is 6.03. The van der Waals surface area contributed by atoms with Crippen LogP contribution in [0.15, 0.2) is 29.2 Å². The highest BCUT2D eigenvalue weighted by atomic mass is 32.2. The number of nitrogens with zero attached hydrogens (tertiary/aromatic N) is 1. The quantitative estimate of drug-likeness (QED) is 0.866. The number of rotatable bonds is 5. The van der Waals surface area contributed by atoms with Crippen molar-refractivity contribution < 1.29 is 8.42 Å². The highest BCUT2D eigenvalue weighted by molar-refractivity contribution is 7.89. The van der Waals surface area contributed by atoms with Crippen molar-refractivity contribution in [3.05, 3.63) is 24.3 Å². The maximum atomic E-state index is 12.1. The Kier molecular flexibility index (Phi) is 4.91. The molecular weight excluding hydrogens is 286 g/mol. The third kappa shape index (κ3) is 3.75. The Bertz CT molecular complexity index is 567. The lowest BCUT2D eigenvalue weighted by atomic mass is 9.99. The van der Waals surface area contributed by atoms with Gasteiger partial charge in [-0.3, -0.25) is 0 Å². The maximum Gasteiger partial charge on any atom is 0.240 e. The van der Waals surface area contributed by atoms with E-state index in [1.54, 1.807) is 12.1 Å². The first-order chi connectivity index (χ1) is 9.87. The normalized spacial score (nSPS) is 18.7. The first kappa shape index (κ1) is 16.3. The van der Waals surface area contributed by atoms with Crippen molar-refractivity contribution in [3.63, 3.8) is 0 Å². The molecule has 1 aromatic rings. The van der Waals surface area contributed by atoms with E-state index in [1.165, 1.54) is 0 Å². The minimum atomic E-state index is -3.38. The molecule has 0 unspecified atom stereocenters. The number of nitrogens with one attached hydrogen (secondary N) is 2. The van der Waals surface area contributed by atoms with Gasteiger partial charge in [0.25, 0.3) is 0 Å². The van der Waals surface area contributed by atoms with Crippen LogP contribution >= 0.6 is 0 Å². The molecule has 0 atom stereocenters. The number of hydrogen-bond acceptors (Lipinski definition) is 4. The van der Waals surface area contributed by atoms with Gasteiger partial charge < -0.3 is 10.2 Å². The fourth-order valence-electron chi connectivity index (χ4n) is 2.59. The standard InChI is InChI=1S/C15H25N3O2S/c1-4-9-17-21(19,20)14-7-5-13(6-8-14)18-11-10-16-12-15(18,2)3/h5-8,16-17H,4,9-12H2,1-3H3. The van der Waals surface area contributed by atoms with Crippen LogP contribution in [0.4, 0.5) is 5.69 Å². The van der Waals surface area contributed by atoms with Gasteiger partial charge in [0.15, 0.2) is 0 Å². The molecular formula is C15H25N3O2S. The van der Waals surface area contributed by atoms with E-state index in [1.807, 2.05) is 19.1 Å². The molecule has 1 saturated heterocycles. The van der Waals surface area contributed by atoms with Crippen molar-refractivity contribution in [3.8, 4) is 0 Å². The van der Waals surface area contributed by atoms with E-state index in [2.05, 4.69) is 28.8 Å². The van der Waals surface area contributed by atoms with Gasteiger partial charge in [-0.1, -0.05) is 6.92 Å². The van der Waals surface area contributed by atoms with Crippen molar-refractivity contribution in [2.75, 3.05) is 31.1 Å².